The van der Waals surface area contributed by atoms with Crippen molar-refractivity contribution in [3.8, 4) is 0 Å². The molecule has 1 heterocycles. The molecule has 6 heteroatoms. The Kier molecular flexibility index (Phi) is 6.34. The lowest BCUT2D eigenvalue weighted by Gasteiger charge is -2.06. The van der Waals surface area contributed by atoms with Crippen molar-refractivity contribution in [3.05, 3.63) is 22.5 Å². The van der Waals surface area contributed by atoms with Crippen LogP contribution in [0.3, 0.4) is 0 Å². The minimum Gasteiger partial charge on any atom is -0.465 e. The molecule has 0 amide bonds. The molecule has 0 fully saturated rings. The van der Waals surface area contributed by atoms with Crippen molar-refractivity contribution in [1.82, 2.24) is 4.98 Å². The fourth-order valence-electron chi connectivity index (χ4n) is 2.13. The molecule has 0 spiro atoms. The second-order valence-corrected chi connectivity index (χ2v) is 5.63. The number of ether oxygens (including phenoxy) is 2. The fourth-order valence-corrected chi connectivity index (χ4v) is 2.13. The largest absolute Gasteiger partial charge is 0.465 e. The standard InChI is InChI=1S/C16H23NO5/c1-9(2)6-7-13(19)22-8-12(18)15-10(3)14(11(4)17-15)16(20)21-5/h9,17H,6-8H2,1-5H3. The molecule has 22 heavy (non-hydrogen) atoms. The van der Waals surface area contributed by atoms with Gasteiger partial charge in [0.25, 0.3) is 0 Å². The number of aromatic amines is 1. The van der Waals surface area contributed by atoms with Gasteiger partial charge in [-0.15, -0.1) is 0 Å². The van der Waals surface area contributed by atoms with E-state index in [9.17, 15) is 14.4 Å². The zero-order chi connectivity index (χ0) is 16.9. The molecule has 0 aliphatic rings. The van der Waals surface area contributed by atoms with Crippen molar-refractivity contribution >= 4 is 17.7 Å². The summed E-state index contributed by atoms with van der Waals surface area (Å²) in [4.78, 5) is 38.2. The number of H-pyrrole nitrogens is 1. The summed E-state index contributed by atoms with van der Waals surface area (Å²) in [6.45, 7) is 7.03. The van der Waals surface area contributed by atoms with E-state index in [1.807, 2.05) is 13.8 Å². The van der Waals surface area contributed by atoms with Gasteiger partial charge >= 0.3 is 11.9 Å². The molecule has 0 radical (unpaired) electrons. The van der Waals surface area contributed by atoms with Gasteiger partial charge < -0.3 is 14.5 Å². The minimum absolute atomic E-state index is 0.273. The summed E-state index contributed by atoms with van der Waals surface area (Å²) in [5.41, 5.74) is 1.68. The van der Waals surface area contributed by atoms with Gasteiger partial charge in [0, 0.05) is 12.1 Å². The maximum absolute atomic E-state index is 12.1. The summed E-state index contributed by atoms with van der Waals surface area (Å²) in [5, 5.41) is 0. The number of Topliss-reactive ketones (excluding diaryl/α,β-unsaturated/α-hetero) is 1. The third-order valence-corrected chi connectivity index (χ3v) is 3.40. The number of aryl methyl sites for hydroxylation is 1. The van der Waals surface area contributed by atoms with Crippen LogP contribution in [0.4, 0.5) is 0 Å². The van der Waals surface area contributed by atoms with E-state index in [0.29, 0.717) is 29.2 Å². The van der Waals surface area contributed by atoms with Crippen molar-refractivity contribution in [3.63, 3.8) is 0 Å². The molecule has 0 saturated heterocycles. The normalized spacial score (nSPS) is 10.6. The Labute approximate surface area is 130 Å². The first-order chi connectivity index (χ1) is 10.3. The summed E-state index contributed by atoms with van der Waals surface area (Å²) >= 11 is 0. The minimum atomic E-state index is -0.501. The second-order valence-electron chi connectivity index (χ2n) is 5.63. The number of hydrogen-bond donors (Lipinski definition) is 1. The number of hydrogen-bond acceptors (Lipinski definition) is 5. The average Bonchev–Trinajstić information content (AvgIpc) is 2.76. The summed E-state index contributed by atoms with van der Waals surface area (Å²) in [7, 11) is 1.28. The van der Waals surface area contributed by atoms with Crippen LogP contribution in [0.1, 0.15) is 58.8 Å². The Morgan fingerprint density at radius 2 is 1.82 bits per heavy atom. The number of carbonyl (C=O) groups is 3. The second kappa shape index (κ2) is 7.77. The lowest BCUT2D eigenvalue weighted by atomic mass is 10.1. The van der Waals surface area contributed by atoms with Crippen LogP contribution in [0.2, 0.25) is 0 Å². The number of methoxy groups -OCH3 is 1. The van der Waals surface area contributed by atoms with E-state index in [1.165, 1.54) is 7.11 Å². The molecule has 0 aromatic carbocycles. The Bertz CT molecular complexity index is 571. The van der Waals surface area contributed by atoms with E-state index in [2.05, 4.69) is 9.72 Å². The molecule has 0 aliphatic heterocycles. The van der Waals surface area contributed by atoms with E-state index < -0.39 is 11.9 Å². The summed E-state index contributed by atoms with van der Waals surface area (Å²) < 4.78 is 9.66. The average molecular weight is 309 g/mol. The van der Waals surface area contributed by atoms with Gasteiger partial charge in [0.15, 0.2) is 6.61 Å². The topological polar surface area (TPSA) is 85.5 Å². The molecule has 0 saturated carbocycles. The monoisotopic (exact) mass is 309 g/mol. The molecule has 1 aromatic rings. The number of esters is 2. The van der Waals surface area contributed by atoms with Crippen LogP contribution in [0.25, 0.3) is 0 Å². The van der Waals surface area contributed by atoms with Crippen LogP contribution < -0.4 is 0 Å². The molecule has 122 valence electrons. The van der Waals surface area contributed by atoms with E-state index in [1.54, 1.807) is 13.8 Å². The molecule has 1 aromatic heterocycles. The molecular weight excluding hydrogens is 286 g/mol. The van der Waals surface area contributed by atoms with E-state index in [0.717, 1.165) is 6.42 Å². The summed E-state index contributed by atoms with van der Waals surface area (Å²) in [5.74, 6) is -0.858. The van der Waals surface area contributed by atoms with Gasteiger partial charge in [-0.1, -0.05) is 13.8 Å². The zero-order valence-corrected chi connectivity index (χ0v) is 13.7. The lowest BCUT2D eigenvalue weighted by molar-refractivity contribution is -0.142. The van der Waals surface area contributed by atoms with Crippen molar-refractivity contribution in [2.45, 2.75) is 40.5 Å². The van der Waals surface area contributed by atoms with Crippen molar-refractivity contribution in [1.29, 1.82) is 0 Å². The molecule has 0 aliphatic carbocycles. The first-order valence-corrected chi connectivity index (χ1v) is 7.24. The van der Waals surface area contributed by atoms with Crippen LogP contribution in [0.5, 0.6) is 0 Å². The molecular formula is C16H23NO5. The highest BCUT2D eigenvalue weighted by atomic mass is 16.5. The van der Waals surface area contributed by atoms with Gasteiger partial charge in [-0.05, 0) is 31.7 Å². The van der Waals surface area contributed by atoms with Gasteiger partial charge in [0.2, 0.25) is 5.78 Å². The Hall–Kier alpha value is -2.11. The number of ketones is 1. The highest BCUT2D eigenvalue weighted by Gasteiger charge is 2.23. The van der Waals surface area contributed by atoms with E-state index in [4.69, 9.17) is 4.74 Å². The van der Waals surface area contributed by atoms with Gasteiger partial charge in [0.1, 0.15) is 0 Å². The van der Waals surface area contributed by atoms with Gasteiger partial charge in [0.05, 0.1) is 18.4 Å². The maximum atomic E-state index is 12.1. The third-order valence-electron chi connectivity index (χ3n) is 3.40. The SMILES string of the molecule is COC(=O)c1c(C)[nH]c(C(=O)COC(=O)CCC(C)C)c1C. The predicted molar refractivity (Wildman–Crippen MR) is 81.0 cm³/mol. The summed E-state index contributed by atoms with van der Waals surface area (Å²) in [6.07, 6.45) is 1.02. The number of aromatic nitrogens is 1. The Balaban J connectivity index is 2.71. The fraction of sp³-hybridized carbons (Fsp3) is 0.562. The van der Waals surface area contributed by atoms with Crippen LogP contribution in [0.15, 0.2) is 0 Å². The van der Waals surface area contributed by atoms with Crippen LogP contribution in [0, 0.1) is 19.8 Å². The molecule has 1 N–H and O–H groups in total. The van der Waals surface area contributed by atoms with E-state index >= 15 is 0 Å². The number of nitrogens with one attached hydrogen (secondary N) is 1. The zero-order valence-electron chi connectivity index (χ0n) is 13.7. The van der Waals surface area contributed by atoms with Crippen LogP contribution in [-0.4, -0.2) is 36.4 Å². The van der Waals surface area contributed by atoms with Gasteiger partial charge in [-0.3, -0.25) is 9.59 Å². The highest BCUT2D eigenvalue weighted by molar-refractivity contribution is 6.02. The number of rotatable bonds is 7. The Morgan fingerprint density at radius 1 is 1.18 bits per heavy atom. The highest BCUT2D eigenvalue weighted by Crippen LogP contribution is 2.19. The lowest BCUT2D eigenvalue weighted by Crippen LogP contribution is -2.15. The molecule has 0 unspecified atom stereocenters. The van der Waals surface area contributed by atoms with Gasteiger partial charge in [-0.2, -0.15) is 0 Å². The van der Waals surface area contributed by atoms with Crippen LogP contribution >= 0.6 is 0 Å². The van der Waals surface area contributed by atoms with Gasteiger partial charge in [-0.25, -0.2) is 4.79 Å². The van der Waals surface area contributed by atoms with Crippen molar-refractivity contribution in [2.24, 2.45) is 5.92 Å². The van der Waals surface area contributed by atoms with Crippen molar-refractivity contribution in [2.75, 3.05) is 13.7 Å². The van der Waals surface area contributed by atoms with Crippen LogP contribution in [-0.2, 0) is 14.3 Å². The third kappa shape index (κ3) is 4.44. The summed E-state index contributed by atoms with van der Waals surface area (Å²) in [6, 6.07) is 0. The maximum Gasteiger partial charge on any atom is 0.339 e. The van der Waals surface area contributed by atoms with Crippen molar-refractivity contribution < 1.29 is 23.9 Å². The molecule has 0 bridgehead atoms. The number of carbonyl (C=O) groups excluding carboxylic acids is 3. The smallest absolute Gasteiger partial charge is 0.339 e. The molecule has 1 rings (SSSR count). The predicted octanol–water partition coefficient (Wildman–Crippen LogP) is 2.58. The molecule has 6 nitrogen and oxygen atoms in total. The first-order valence-electron chi connectivity index (χ1n) is 7.24. The quantitative estimate of drug-likeness (QED) is 0.618. The Morgan fingerprint density at radius 3 is 2.36 bits per heavy atom. The first kappa shape index (κ1) is 17.9. The molecule has 0 atom stereocenters. The van der Waals surface area contributed by atoms with E-state index in [-0.39, 0.29) is 18.1 Å².